The molecule has 0 aliphatic carbocycles. The summed E-state index contributed by atoms with van der Waals surface area (Å²) in [6, 6.07) is 17.5. The molecular weight excluding hydrogens is 675 g/mol. The molecular formula is C32H27BrCl2N2O5S. The molecule has 11 heteroatoms. The highest BCUT2D eigenvalue weighted by Gasteiger charge is 2.34. The lowest BCUT2D eigenvalue weighted by Crippen LogP contribution is -2.40. The van der Waals surface area contributed by atoms with Crippen LogP contribution in [0.5, 0.6) is 11.5 Å². The fraction of sp³-hybridized carbons (Fsp3) is 0.219. The lowest BCUT2D eigenvalue weighted by Gasteiger charge is -2.25. The number of aromatic nitrogens is 1. The van der Waals surface area contributed by atoms with E-state index in [0.717, 1.165) is 5.56 Å². The topological polar surface area (TPSA) is 79.1 Å². The number of allylic oxidation sites excluding steroid dienone is 1. The number of halogens is 3. The van der Waals surface area contributed by atoms with Crippen molar-refractivity contribution in [1.29, 1.82) is 0 Å². The van der Waals surface area contributed by atoms with Crippen molar-refractivity contribution in [2.45, 2.75) is 33.4 Å². The van der Waals surface area contributed by atoms with E-state index in [2.05, 4.69) is 20.9 Å². The average Bonchev–Trinajstić information content (AvgIpc) is 3.26. The molecule has 2 heterocycles. The summed E-state index contributed by atoms with van der Waals surface area (Å²) < 4.78 is 20.0. The Morgan fingerprint density at radius 2 is 1.86 bits per heavy atom. The monoisotopic (exact) mass is 700 g/mol. The first-order valence-corrected chi connectivity index (χ1v) is 15.9. The summed E-state index contributed by atoms with van der Waals surface area (Å²) in [4.78, 5) is 32.2. The number of nitrogens with zero attached hydrogens (tertiary/aromatic N) is 2. The van der Waals surface area contributed by atoms with Gasteiger partial charge in [0.1, 0.15) is 12.6 Å². The Morgan fingerprint density at radius 1 is 1.07 bits per heavy atom. The number of esters is 1. The molecule has 0 saturated carbocycles. The summed E-state index contributed by atoms with van der Waals surface area (Å²) in [7, 11) is 0. The standard InChI is InChI=1S/C32H27BrCl2N2O5S/c1-4-40-25-15-20(14-23(33)29(25)42-17-19-9-8-10-21(34)13-19)16-26-30(38)37-28(22-11-6-7-12-24(22)35)27(31(39)41-5-2)18(3)36-32(37)43-26/h6-16,28H,4-5,17H2,1-3H3/b26-16-/t28-/m0/s1. The second kappa shape index (κ2) is 13.5. The number of hydrogen-bond acceptors (Lipinski definition) is 7. The zero-order valence-electron chi connectivity index (χ0n) is 23.5. The van der Waals surface area contributed by atoms with Crippen molar-refractivity contribution < 1.29 is 19.0 Å². The van der Waals surface area contributed by atoms with E-state index < -0.39 is 12.0 Å². The van der Waals surface area contributed by atoms with Crippen molar-refractivity contribution >= 4 is 62.5 Å². The number of carbonyl (C=O) groups is 1. The lowest BCUT2D eigenvalue weighted by atomic mass is 9.96. The minimum atomic E-state index is -0.792. The number of thiazole rings is 1. The van der Waals surface area contributed by atoms with E-state index in [4.69, 9.17) is 37.4 Å². The molecule has 43 heavy (non-hydrogen) atoms. The Labute approximate surface area is 270 Å². The van der Waals surface area contributed by atoms with Crippen LogP contribution in [-0.2, 0) is 16.1 Å². The van der Waals surface area contributed by atoms with E-state index in [0.29, 0.717) is 65.4 Å². The highest BCUT2D eigenvalue weighted by molar-refractivity contribution is 9.10. The van der Waals surface area contributed by atoms with Gasteiger partial charge in [0.25, 0.3) is 5.56 Å². The maximum absolute atomic E-state index is 14.0. The van der Waals surface area contributed by atoms with Crippen LogP contribution in [0.3, 0.4) is 0 Å². The molecule has 0 saturated heterocycles. The van der Waals surface area contributed by atoms with E-state index in [-0.39, 0.29) is 17.7 Å². The molecule has 1 atom stereocenters. The fourth-order valence-electron chi connectivity index (χ4n) is 4.79. The van der Waals surface area contributed by atoms with Gasteiger partial charge < -0.3 is 14.2 Å². The third-order valence-corrected chi connectivity index (χ3v) is 8.77. The van der Waals surface area contributed by atoms with Gasteiger partial charge in [-0.25, -0.2) is 9.79 Å². The molecule has 0 spiro atoms. The Hall–Kier alpha value is -3.37. The minimum Gasteiger partial charge on any atom is -0.490 e. The molecule has 4 aromatic rings. The molecule has 5 rings (SSSR count). The van der Waals surface area contributed by atoms with Crippen molar-refractivity contribution in [2.24, 2.45) is 4.99 Å². The molecule has 0 fully saturated rings. The summed E-state index contributed by atoms with van der Waals surface area (Å²) in [6.45, 7) is 6.25. The van der Waals surface area contributed by atoms with E-state index in [1.807, 2.05) is 43.3 Å². The Bertz CT molecular complexity index is 1920. The predicted octanol–water partition coefficient (Wildman–Crippen LogP) is 6.85. The molecule has 1 aliphatic heterocycles. The molecule has 3 aromatic carbocycles. The normalized spacial score (nSPS) is 14.7. The molecule has 1 aliphatic rings. The van der Waals surface area contributed by atoms with Crippen LogP contribution in [0.1, 0.15) is 43.5 Å². The number of hydrogen-bond donors (Lipinski definition) is 0. The SMILES string of the molecule is CCOC(=O)C1=C(C)N=c2s/c(=C\c3cc(Br)c(OCc4cccc(Cl)c4)c(OCC)c3)c(=O)n2[C@H]1c1ccccc1Cl. The first-order valence-electron chi connectivity index (χ1n) is 13.5. The largest absolute Gasteiger partial charge is 0.490 e. The van der Waals surface area contributed by atoms with Crippen molar-refractivity contribution in [1.82, 2.24) is 4.57 Å². The molecule has 0 bridgehead atoms. The van der Waals surface area contributed by atoms with E-state index in [9.17, 15) is 9.59 Å². The van der Waals surface area contributed by atoms with Crippen LogP contribution in [0.4, 0.5) is 0 Å². The Kier molecular flexibility index (Phi) is 9.76. The Balaban J connectivity index is 1.59. The summed E-state index contributed by atoms with van der Waals surface area (Å²) in [5.74, 6) is 0.516. The van der Waals surface area contributed by atoms with Gasteiger partial charge in [0.2, 0.25) is 0 Å². The highest BCUT2D eigenvalue weighted by atomic mass is 79.9. The number of rotatable bonds is 9. The molecule has 222 valence electrons. The van der Waals surface area contributed by atoms with E-state index in [1.54, 1.807) is 44.2 Å². The van der Waals surface area contributed by atoms with Crippen molar-refractivity contribution in [2.75, 3.05) is 13.2 Å². The molecule has 0 radical (unpaired) electrons. The maximum Gasteiger partial charge on any atom is 0.338 e. The van der Waals surface area contributed by atoms with E-state index in [1.165, 1.54) is 15.9 Å². The molecule has 7 nitrogen and oxygen atoms in total. The van der Waals surface area contributed by atoms with Gasteiger partial charge in [-0.2, -0.15) is 0 Å². The van der Waals surface area contributed by atoms with Crippen molar-refractivity contribution in [3.63, 3.8) is 0 Å². The van der Waals surface area contributed by atoms with Gasteiger partial charge in [0.05, 0.1) is 33.5 Å². The Morgan fingerprint density at radius 3 is 2.58 bits per heavy atom. The van der Waals surface area contributed by atoms with Crippen LogP contribution >= 0.6 is 50.5 Å². The van der Waals surface area contributed by atoms with Crippen LogP contribution in [-0.4, -0.2) is 23.8 Å². The third kappa shape index (κ3) is 6.60. The van der Waals surface area contributed by atoms with Crippen LogP contribution in [0.25, 0.3) is 6.08 Å². The molecule has 0 unspecified atom stereocenters. The summed E-state index contributed by atoms with van der Waals surface area (Å²) >= 11 is 17.6. The summed E-state index contributed by atoms with van der Waals surface area (Å²) in [5, 5.41) is 1.06. The maximum atomic E-state index is 14.0. The number of fused-ring (bicyclic) bond motifs is 1. The fourth-order valence-corrected chi connectivity index (χ4v) is 6.86. The zero-order valence-corrected chi connectivity index (χ0v) is 27.4. The van der Waals surface area contributed by atoms with Gasteiger partial charge in [-0.15, -0.1) is 0 Å². The van der Waals surface area contributed by atoms with Crippen LogP contribution < -0.4 is 24.4 Å². The highest BCUT2D eigenvalue weighted by Crippen LogP contribution is 2.38. The van der Waals surface area contributed by atoms with Crippen LogP contribution in [0, 0.1) is 0 Å². The predicted molar refractivity (Wildman–Crippen MR) is 173 cm³/mol. The first kappa shape index (κ1) is 31.1. The second-order valence-electron chi connectivity index (χ2n) is 9.51. The van der Waals surface area contributed by atoms with E-state index >= 15 is 0 Å². The smallest absolute Gasteiger partial charge is 0.338 e. The van der Waals surface area contributed by atoms with Gasteiger partial charge in [0.15, 0.2) is 16.3 Å². The average molecular weight is 702 g/mol. The van der Waals surface area contributed by atoms with Gasteiger partial charge >= 0.3 is 5.97 Å². The molecule has 1 aromatic heterocycles. The van der Waals surface area contributed by atoms with Crippen LogP contribution in [0.15, 0.2) is 86.2 Å². The van der Waals surface area contributed by atoms with Crippen molar-refractivity contribution in [3.05, 3.63) is 123 Å². The minimum absolute atomic E-state index is 0.186. The number of benzene rings is 3. The second-order valence-corrected chi connectivity index (χ2v) is 12.2. The third-order valence-electron chi connectivity index (χ3n) is 6.62. The summed E-state index contributed by atoms with van der Waals surface area (Å²) in [5.41, 5.74) is 2.68. The van der Waals surface area contributed by atoms with Gasteiger partial charge in [-0.3, -0.25) is 9.36 Å². The molecule has 0 amide bonds. The molecule has 0 N–H and O–H groups in total. The first-order chi connectivity index (χ1) is 20.7. The van der Waals surface area contributed by atoms with Gasteiger partial charge in [0, 0.05) is 10.0 Å². The van der Waals surface area contributed by atoms with Crippen LogP contribution in [0.2, 0.25) is 10.0 Å². The number of carbonyl (C=O) groups excluding carboxylic acids is 1. The summed E-state index contributed by atoms with van der Waals surface area (Å²) in [6.07, 6.45) is 1.77. The lowest BCUT2D eigenvalue weighted by molar-refractivity contribution is -0.139. The zero-order chi connectivity index (χ0) is 30.7. The quantitative estimate of drug-likeness (QED) is 0.179. The van der Waals surface area contributed by atoms with Crippen molar-refractivity contribution in [3.8, 4) is 11.5 Å². The van der Waals surface area contributed by atoms with Gasteiger partial charge in [-0.1, -0.05) is 64.9 Å². The number of ether oxygens (including phenoxy) is 3. The van der Waals surface area contributed by atoms with Gasteiger partial charge in [-0.05, 0) is 89.8 Å².